The molecule has 0 spiro atoms. The zero-order valence-corrected chi connectivity index (χ0v) is 10.8. The Hall–Kier alpha value is -1.65. The maximum absolute atomic E-state index is 10.1. The van der Waals surface area contributed by atoms with E-state index in [1.165, 1.54) is 4.88 Å². The van der Waals surface area contributed by atoms with Crippen LogP contribution in [0.1, 0.15) is 21.7 Å². The molecule has 18 heavy (non-hydrogen) atoms. The van der Waals surface area contributed by atoms with Gasteiger partial charge >= 0.3 is 0 Å². The van der Waals surface area contributed by atoms with Crippen molar-refractivity contribution in [1.29, 1.82) is 0 Å². The maximum atomic E-state index is 10.1. The summed E-state index contributed by atoms with van der Waals surface area (Å²) in [5, 5.41) is 10.1. The van der Waals surface area contributed by atoms with E-state index in [2.05, 4.69) is 4.98 Å². The third-order valence-corrected chi connectivity index (χ3v) is 3.90. The van der Waals surface area contributed by atoms with E-state index in [0.717, 1.165) is 16.0 Å². The Morgan fingerprint density at radius 3 is 2.83 bits per heavy atom. The number of benzene rings is 1. The van der Waals surface area contributed by atoms with E-state index in [0.29, 0.717) is 12.3 Å². The smallest absolute Gasteiger partial charge is 0.198 e. The first kappa shape index (κ1) is 11.4. The molecule has 2 heterocycles. The molecule has 0 fully saturated rings. The van der Waals surface area contributed by atoms with Gasteiger partial charge in [0.2, 0.25) is 0 Å². The molecule has 0 saturated heterocycles. The summed E-state index contributed by atoms with van der Waals surface area (Å²) in [6.45, 7) is 2.03. The first-order chi connectivity index (χ1) is 8.72. The number of nitrogens with zero attached hydrogens (tertiary/aromatic N) is 1. The molecule has 0 aliphatic carbocycles. The molecule has 0 radical (unpaired) electrons. The molecular weight excluding hydrogens is 246 g/mol. The van der Waals surface area contributed by atoms with E-state index in [1.807, 2.05) is 43.3 Å². The quantitative estimate of drug-likeness (QED) is 0.783. The molecule has 4 heteroatoms. The van der Waals surface area contributed by atoms with Crippen molar-refractivity contribution in [3.63, 3.8) is 0 Å². The summed E-state index contributed by atoms with van der Waals surface area (Å²) in [5.41, 5.74) is 1.60. The monoisotopic (exact) mass is 259 g/mol. The second kappa shape index (κ2) is 4.55. The largest absolute Gasteiger partial charge is 0.441 e. The lowest BCUT2D eigenvalue weighted by Gasteiger charge is -2.04. The normalized spacial score (nSPS) is 13.0. The number of aromatic nitrogens is 1. The molecule has 2 aromatic heterocycles. The van der Waals surface area contributed by atoms with Gasteiger partial charge in [0, 0.05) is 9.75 Å². The van der Waals surface area contributed by atoms with E-state index in [1.54, 1.807) is 11.3 Å². The van der Waals surface area contributed by atoms with Crippen LogP contribution in [0.2, 0.25) is 0 Å². The SMILES string of the molecule is Cc1ccc(C(O)Cc2nc3ccccc3o2)s1. The van der Waals surface area contributed by atoms with Crippen molar-refractivity contribution in [2.45, 2.75) is 19.4 Å². The van der Waals surface area contributed by atoms with Crippen molar-refractivity contribution >= 4 is 22.4 Å². The standard InChI is InChI=1S/C14H13NO2S/c1-9-6-7-13(18-9)11(16)8-14-15-10-4-2-3-5-12(10)17-14/h2-7,11,16H,8H2,1H3. The molecule has 3 nitrogen and oxygen atoms in total. The van der Waals surface area contributed by atoms with Crippen LogP contribution >= 0.6 is 11.3 Å². The van der Waals surface area contributed by atoms with Crippen LogP contribution in [0.5, 0.6) is 0 Å². The zero-order chi connectivity index (χ0) is 12.5. The van der Waals surface area contributed by atoms with Crippen LogP contribution in [0.3, 0.4) is 0 Å². The Bertz CT molecular complexity index is 638. The predicted octanol–water partition coefficient (Wildman–Crippen LogP) is 3.47. The number of para-hydroxylation sites is 2. The Kier molecular flexibility index (Phi) is 2.89. The van der Waals surface area contributed by atoms with Gasteiger partial charge in [0.1, 0.15) is 5.52 Å². The minimum absolute atomic E-state index is 0.411. The number of hydrogen-bond acceptors (Lipinski definition) is 4. The van der Waals surface area contributed by atoms with E-state index < -0.39 is 6.10 Å². The molecule has 3 rings (SSSR count). The molecule has 1 N–H and O–H groups in total. The zero-order valence-electron chi connectivity index (χ0n) is 9.96. The van der Waals surface area contributed by atoms with Crippen molar-refractivity contribution in [3.8, 4) is 0 Å². The fraction of sp³-hybridized carbons (Fsp3) is 0.214. The van der Waals surface area contributed by atoms with Crippen LogP contribution in [0.15, 0.2) is 40.8 Å². The van der Waals surface area contributed by atoms with E-state index in [9.17, 15) is 5.11 Å². The van der Waals surface area contributed by atoms with Gasteiger partial charge in [-0.2, -0.15) is 0 Å². The highest BCUT2D eigenvalue weighted by molar-refractivity contribution is 7.12. The molecule has 1 atom stereocenters. The number of aryl methyl sites for hydroxylation is 1. The molecule has 0 saturated carbocycles. The highest BCUT2D eigenvalue weighted by Crippen LogP contribution is 2.26. The fourth-order valence-electron chi connectivity index (χ4n) is 1.91. The number of hydrogen-bond donors (Lipinski definition) is 1. The number of fused-ring (bicyclic) bond motifs is 1. The second-order valence-electron chi connectivity index (χ2n) is 4.24. The lowest BCUT2D eigenvalue weighted by molar-refractivity contribution is 0.173. The number of aliphatic hydroxyl groups is 1. The average molecular weight is 259 g/mol. The van der Waals surface area contributed by atoms with Gasteiger partial charge in [-0.1, -0.05) is 12.1 Å². The highest BCUT2D eigenvalue weighted by atomic mass is 32.1. The average Bonchev–Trinajstić information content (AvgIpc) is 2.94. The minimum Gasteiger partial charge on any atom is -0.441 e. The Morgan fingerprint density at radius 1 is 1.28 bits per heavy atom. The van der Waals surface area contributed by atoms with Gasteiger partial charge in [0.15, 0.2) is 11.5 Å². The Labute approximate surface area is 109 Å². The first-order valence-electron chi connectivity index (χ1n) is 5.81. The summed E-state index contributed by atoms with van der Waals surface area (Å²) in [5.74, 6) is 0.578. The van der Waals surface area contributed by atoms with Crippen LogP contribution in [-0.4, -0.2) is 10.1 Å². The highest BCUT2D eigenvalue weighted by Gasteiger charge is 2.14. The number of rotatable bonds is 3. The molecular formula is C14H13NO2S. The second-order valence-corrected chi connectivity index (χ2v) is 5.56. The number of thiophene rings is 1. The van der Waals surface area contributed by atoms with Crippen molar-refractivity contribution in [3.05, 3.63) is 52.0 Å². The van der Waals surface area contributed by atoms with Gasteiger partial charge in [-0.05, 0) is 31.2 Å². The minimum atomic E-state index is -0.545. The lowest BCUT2D eigenvalue weighted by atomic mass is 10.2. The molecule has 0 aliphatic rings. The number of aliphatic hydroxyl groups excluding tert-OH is 1. The third-order valence-electron chi connectivity index (χ3n) is 2.80. The summed E-state index contributed by atoms with van der Waals surface area (Å²) in [6, 6.07) is 11.6. The van der Waals surface area contributed by atoms with Crippen LogP contribution in [-0.2, 0) is 6.42 Å². The van der Waals surface area contributed by atoms with Gasteiger partial charge < -0.3 is 9.52 Å². The summed E-state index contributed by atoms with van der Waals surface area (Å²) in [4.78, 5) is 6.51. The fourth-order valence-corrected chi connectivity index (χ4v) is 2.77. The van der Waals surface area contributed by atoms with E-state index >= 15 is 0 Å². The Morgan fingerprint density at radius 2 is 2.11 bits per heavy atom. The van der Waals surface area contributed by atoms with E-state index in [4.69, 9.17) is 4.42 Å². The first-order valence-corrected chi connectivity index (χ1v) is 6.63. The van der Waals surface area contributed by atoms with Gasteiger partial charge in [-0.15, -0.1) is 11.3 Å². The van der Waals surface area contributed by atoms with E-state index in [-0.39, 0.29) is 0 Å². The van der Waals surface area contributed by atoms with Gasteiger partial charge in [-0.3, -0.25) is 0 Å². The van der Waals surface area contributed by atoms with Crippen molar-refractivity contribution < 1.29 is 9.52 Å². The molecule has 1 unspecified atom stereocenters. The molecule has 3 aromatic rings. The molecule has 0 bridgehead atoms. The van der Waals surface area contributed by atoms with Gasteiger partial charge in [0.05, 0.1) is 12.5 Å². The van der Waals surface area contributed by atoms with Crippen LogP contribution in [0.4, 0.5) is 0 Å². The summed E-state index contributed by atoms with van der Waals surface area (Å²) in [6.07, 6.45) is -0.133. The maximum Gasteiger partial charge on any atom is 0.198 e. The summed E-state index contributed by atoms with van der Waals surface area (Å²) < 4.78 is 5.60. The summed E-state index contributed by atoms with van der Waals surface area (Å²) >= 11 is 1.60. The summed E-state index contributed by atoms with van der Waals surface area (Å²) in [7, 11) is 0. The van der Waals surface area contributed by atoms with Crippen molar-refractivity contribution in [2.24, 2.45) is 0 Å². The van der Waals surface area contributed by atoms with Crippen molar-refractivity contribution in [1.82, 2.24) is 4.98 Å². The lowest BCUT2D eigenvalue weighted by Crippen LogP contribution is -1.99. The molecule has 1 aromatic carbocycles. The predicted molar refractivity (Wildman–Crippen MR) is 71.7 cm³/mol. The van der Waals surface area contributed by atoms with Gasteiger partial charge in [0.25, 0.3) is 0 Å². The van der Waals surface area contributed by atoms with Crippen LogP contribution < -0.4 is 0 Å². The molecule has 92 valence electrons. The van der Waals surface area contributed by atoms with Crippen molar-refractivity contribution in [2.75, 3.05) is 0 Å². The van der Waals surface area contributed by atoms with Crippen LogP contribution in [0, 0.1) is 6.92 Å². The topological polar surface area (TPSA) is 46.3 Å². The van der Waals surface area contributed by atoms with Crippen LogP contribution in [0.25, 0.3) is 11.1 Å². The molecule has 0 amide bonds. The molecule has 0 aliphatic heterocycles. The Balaban J connectivity index is 1.83. The third kappa shape index (κ3) is 2.17. The van der Waals surface area contributed by atoms with Gasteiger partial charge in [-0.25, -0.2) is 4.98 Å². The number of oxazole rings is 1.